The number of pyridine rings is 1. The fourth-order valence-corrected chi connectivity index (χ4v) is 2.55. The van der Waals surface area contributed by atoms with E-state index in [1.807, 2.05) is 19.1 Å². The van der Waals surface area contributed by atoms with Crippen LogP contribution in [0.25, 0.3) is 0 Å². The monoisotopic (exact) mass is 336 g/mol. The number of nitrogens with one attached hydrogen (secondary N) is 1. The molecule has 1 aromatic heterocycles. The molecule has 0 aliphatic heterocycles. The van der Waals surface area contributed by atoms with Crippen LogP contribution >= 0.6 is 15.9 Å². The van der Waals surface area contributed by atoms with E-state index in [1.54, 1.807) is 18.5 Å². The van der Waals surface area contributed by atoms with E-state index in [9.17, 15) is 4.39 Å². The first-order valence-corrected chi connectivity index (χ1v) is 7.51. The number of nitrogens with zero attached hydrogens (tertiary/aromatic N) is 1. The predicted molar refractivity (Wildman–Crippen MR) is 83.2 cm³/mol. The van der Waals surface area contributed by atoms with E-state index in [0.717, 1.165) is 28.6 Å². The zero-order chi connectivity index (χ0) is 14.5. The number of aryl methyl sites for hydroxylation is 1. The average Bonchev–Trinajstić information content (AvgIpc) is 2.43. The largest absolute Gasteiger partial charge is 0.306 e. The van der Waals surface area contributed by atoms with Crippen LogP contribution in [0.15, 0.2) is 41.1 Å². The highest BCUT2D eigenvalue weighted by Crippen LogP contribution is 2.27. The average molecular weight is 337 g/mol. The van der Waals surface area contributed by atoms with Crippen molar-refractivity contribution >= 4 is 15.9 Å². The maximum atomic E-state index is 14.2. The summed E-state index contributed by atoms with van der Waals surface area (Å²) in [5, 5.41) is 3.40. The summed E-state index contributed by atoms with van der Waals surface area (Å²) < 4.78 is 15.0. The van der Waals surface area contributed by atoms with Crippen molar-refractivity contribution in [2.75, 3.05) is 6.54 Å². The lowest BCUT2D eigenvalue weighted by Gasteiger charge is -2.20. The van der Waals surface area contributed by atoms with Crippen molar-refractivity contribution < 1.29 is 4.39 Å². The lowest BCUT2D eigenvalue weighted by Crippen LogP contribution is -2.24. The van der Waals surface area contributed by atoms with Crippen molar-refractivity contribution in [1.29, 1.82) is 0 Å². The fourth-order valence-electron chi connectivity index (χ4n) is 2.17. The minimum atomic E-state index is -0.205. The normalized spacial score (nSPS) is 12.4. The molecular weight excluding hydrogens is 319 g/mol. The molecule has 1 aromatic carbocycles. The van der Waals surface area contributed by atoms with Gasteiger partial charge in [-0.3, -0.25) is 4.98 Å². The third kappa shape index (κ3) is 3.64. The third-order valence-corrected chi connectivity index (χ3v) is 3.59. The second-order valence-corrected chi connectivity index (χ2v) is 5.76. The topological polar surface area (TPSA) is 24.9 Å². The van der Waals surface area contributed by atoms with Crippen LogP contribution in [0.3, 0.4) is 0 Å². The van der Waals surface area contributed by atoms with Crippen molar-refractivity contribution in [2.45, 2.75) is 26.3 Å². The zero-order valence-electron chi connectivity index (χ0n) is 11.7. The van der Waals surface area contributed by atoms with Gasteiger partial charge in [0, 0.05) is 22.4 Å². The molecule has 0 bridgehead atoms. The van der Waals surface area contributed by atoms with E-state index in [0.29, 0.717) is 5.56 Å². The minimum absolute atomic E-state index is 0.181. The van der Waals surface area contributed by atoms with Crippen LogP contribution in [0, 0.1) is 12.7 Å². The Balaban J connectivity index is 2.44. The van der Waals surface area contributed by atoms with Crippen LogP contribution in [0.2, 0.25) is 0 Å². The predicted octanol–water partition coefficient (Wildman–Crippen LogP) is 4.38. The molecule has 2 aromatic rings. The van der Waals surface area contributed by atoms with Crippen LogP contribution < -0.4 is 5.32 Å². The first kappa shape index (κ1) is 15.1. The number of hydrogen-bond donors (Lipinski definition) is 1. The molecule has 1 N–H and O–H groups in total. The van der Waals surface area contributed by atoms with E-state index in [1.165, 1.54) is 6.07 Å². The van der Waals surface area contributed by atoms with E-state index >= 15 is 0 Å². The molecular formula is C16H18BrFN2. The Bertz CT molecular complexity index is 586. The Morgan fingerprint density at radius 1 is 1.30 bits per heavy atom. The molecule has 0 saturated carbocycles. The van der Waals surface area contributed by atoms with Gasteiger partial charge in [-0.2, -0.15) is 0 Å². The van der Waals surface area contributed by atoms with E-state index in [2.05, 4.69) is 33.2 Å². The van der Waals surface area contributed by atoms with Gasteiger partial charge >= 0.3 is 0 Å². The van der Waals surface area contributed by atoms with Crippen LogP contribution in [0.5, 0.6) is 0 Å². The Kier molecular flexibility index (Phi) is 5.26. The molecule has 20 heavy (non-hydrogen) atoms. The van der Waals surface area contributed by atoms with Gasteiger partial charge in [-0.05, 0) is 49.2 Å². The van der Waals surface area contributed by atoms with Gasteiger partial charge in [0.2, 0.25) is 0 Å². The molecule has 0 spiro atoms. The summed E-state index contributed by atoms with van der Waals surface area (Å²) in [7, 11) is 0. The minimum Gasteiger partial charge on any atom is -0.306 e. The van der Waals surface area contributed by atoms with Crippen molar-refractivity contribution in [3.63, 3.8) is 0 Å². The third-order valence-electron chi connectivity index (χ3n) is 3.10. The van der Waals surface area contributed by atoms with E-state index in [4.69, 9.17) is 0 Å². The molecule has 0 saturated heterocycles. The maximum absolute atomic E-state index is 14.2. The molecule has 1 atom stereocenters. The second kappa shape index (κ2) is 6.95. The van der Waals surface area contributed by atoms with Crippen LogP contribution in [-0.2, 0) is 0 Å². The van der Waals surface area contributed by atoms with Gasteiger partial charge in [0.05, 0.1) is 6.04 Å². The lowest BCUT2D eigenvalue weighted by molar-refractivity contribution is 0.545. The van der Waals surface area contributed by atoms with Gasteiger partial charge < -0.3 is 5.32 Å². The first-order chi connectivity index (χ1) is 9.61. The summed E-state index contributed by atoms with van der Waals surface area (Å²) >= 11 is 3.41. The van der Waals surface area contributed by atoms with Gasteiger partial charge in [-0.25, -0.2) is 4.39 Å². The van der Waals surface area contributed by atoms with Gasteiger partial charge in [0.1, 0.15) is 5.82 Å². The molecule has 2 rings (SSSR count). The quantitative estimate of drug-likeness (QED) is 0.876. The molecule has 0 aliphatic carbocycles. The maximum Gasteiger partial charge on any atom is 0.128 e. The number of hydrogen-bond acceptors (Lipinski definition) is 2. The van der Waals surface area contributed by atoms with Crippen molar-refractivity contribution in [3.8, 4) is 0 Å². The van der Waals surface area contributed by atoms with Crippen molar-refractivity contribution in [1.82, 2.24) is 10.3 Å². The summed E-state index contributed by atoms with van der Waals surface area (Å²) in [4.78, 5) is 4.22. The molecule has 2 nitrogen and oxygen atoms in total. The van der Waals surface area contributed by atoms with Gasteiger partial charge in [-0.1, -0.05) is 28.9 Å². The van der Waals surface area contributed by atoms with E-state index in [-0.39, 0.29) is 11.9 Å². The van der Waals surface area contributed by atoms with Crippen molar-refractivity contribution in [3.05, 3.63) is 63.6 Å². The molecule has 1 unspecified atom stereocenters. The number of benzene rings is 1. The Morgan fingerprint density at radius 2 is 2.10 bits per heavy atom. The molecule has 0 radical (unpaired) electrons. The summed E-state index contributed by atoms with van der Waals surface area (Å²) in [6.45, 7) is 4.91. The molecule has 0 fully saturated rings. The first-order valence-electron chi connectivity index (χ1n) is 6.71. The summed E-state index contributed by atoms with van der Waals surface area (Å²) in [6, 6.07) is 6.89. The van der Waals surface area contributed by atoms with Gasteiger partial charge in [0.15, 0.2) is 0 Å². The number of halogens is 2. The Hall–Kier alpha value is -1.26. The van der Waals surface area contributed by atoms with Crippen LogP contribution in [0.1, 0.15) is 36.1 Å². The second-order valence-electron chi connectivity index (χ2n) is 4.85. The summed E-state index contributed by atoms with van der Waals surface area (Å²) in [5.41, 5.74) is 2.69. The Morgan fingerprint density at radius 3 is 2.80 bits per heavy atom. The number of rotatable bonds is 5. The molecule has 1 heterocycles. The molecule has 0 amide bonds. The standard InChI is InChI=1S/C16H18BrFN2/c1-3-6-20-16(12-7-11(2)9-19-10-12)14-8-13(17)4-5-15(14)18/h4-5,7-10,16,20H,3,6H2,1-2H3. The van der Waals surface area contributed by atoms with Gasteiger partial charge in [0.25, 0.3) is 0 Å². The van der Waals surface area contributed by atoms with Crippen LogP contribution in [-0.4, -0.2) is 11.5 Å². The molecule has 106 valence electrons. The smallest absolute Gasteiger partial charge is 0.128 e. The number of aromatic nitrogens is 1. The van der Waals surface area contributed by atoms with Gasteiger partial charge in [-0.15, -0.1) is 0 Å². The highest BCUT2D eigenvalue weighted by Gasteiger charge is 2.18. The SMILES string of the molecule is CCCNC(c1cncc(C)c1)c1cc(Br)ccc1F. The van der Waals surface area contributed by atoms with Crippen LogP contribution in [0.4, 0.5) is 4.39 Å². The fraction of sp³-hybridized carbons (Fsp3) is 0.312. The molecule has 4 heteroatoms. The highest BCUT2D eigenvalue weighted by molar-refractivity contribution is 9.10. The van der Waals surface area contributed by atoms with E-state index < -0.39 is 0 Å². The highest BCUT2D eigenvalue weighted by atomic mass is 79.9. The summed E-state index contributed by atoms with van der Waals surface area (Å²) in [6.07, 6.45) is 4.59. The summed E-state index contributed by atoms with van der Waals surface area (Å²) in [5.74, 6) is -0.205. The zero-order valence-corrected chi connectivity index (χ0v) is 13.2. The lowest BCUT2D eigenvalue weighted by atomic mass is 9.98. The molecule has 0 aliphatic rings. The van der Waals surface area contributed by atoms with Crippen molar-refractivity contribution in [2.24, 2.45) is 0 Å². The Labute approximate surface area is 127 Å².